The lowest BCUT2D eigenvalue weighted by Gasteiger charge is -2.10. The molecule has 3 atom stereocenters. The van der Waals surface area contributed by atoms with Gasteiger partial charge in [0.2, 0.25) is 0 Å². The monoisotopic (exact) mass is 177 g/mol. The van der Waals surface area contributed by atoms with Crippen molar-refractivity contribution >= 4 is 0 Å². The molecule has 3 unspecified atom stereocenters. The Balaban J connectivity index is 2.29. The summed E-state index contributed by atoms with van der Waals surface area (Å²) in [6, 6.07) is 10.5. The average molecular weight is 177 g/mol. The summed E-state index contributed by atoms with van der Waals surface area (Å²) in [7, 11) is 1.72. The maximum atomic E-state index is 5.96. The summed E-state index contributed by atoms with van der Waals surface area (Å²) in [4.78, 5) is 0. The van der Waals surface area contributed by atoms with Crippen LogP contribution in [0.15, 0.2) is 30.3 Å². The van der Waals surface area contributed by atoms with Crippen molar-refractivity contribution in [3.05, 3.63) is 35.9 Å². The van der Waals surface area contributed by atoms with Crippen LogP contribution in [-0.2, 0) is 10.2 Å². The molecule has 1 aliphatic rings. The lowest BCUT2D eigenvalue weighted by molar-refractivity contribution is 0.162. The van der Waals surface area contributed by atoms with E-state index in [2.05, 4.69) is 19.1 Å². The number of methoxy groups -OCH3 is 1. The zero-order valence-electron chi connectivity index (χ0n) is 8.03. The van der Waals surface area contributed by atoms with Gasteiger partial charge in [-0.15, -0.1) is 0 Å². The summed E-state index contributed by atoms with van der Waals surface area (Å²) in [5.41, 5.74) is 7.26. The average Bonchev–Trinajstić information content (AvgIpc) is 2.72. The predicted molar refractivity (Wildman–Crippen MR) is 52.6 cm³/mol. The van der Waals surface area contributed by atoms with Gasteiger partial charge in [-0.2, -0.15) is 0 Å². The number of rotatable bonds is 2. The molecule has 1 aromatic carbocycles. The minimum atomic E-state index is 0.0238. The Morgan fingerprint density at radius 2 is 1.92 bits per heavy atom. The summed E-state index contributed by atoms with van der Waals surface area (Å²) < 4.78 is 5.32. The smallest absolute Gasteiger partial charge is 0.0841 e. The van der Waals surface area contributed by atoms with Gasteiger partial charge in [-0.05, 0) is 5.56 Å². The van der Waals surface area contributed by atoms with Crippen LogP contribution in [0, 0.1) is 0 Å². The fourth-order valence-electron chi connectivity index (χ4n) is 2.05. The largest absolute Gasteiger partial charge is 0.379 e. The minimum Gasteiger partial charge on any atom is -0.379 e. The van der Waals surface area contributed by atoms with Crippen LogP contribution in [0.1, 0.15) is 12.5 Å². The second-order valence-electron chi connectivity index (χ2n) is 3.83. The lowest BCUT2D eigenvalue weighted by Crippen LogP contribution is -2.14. The normalized spacial score (nSPS) is 37.5. The van der Waals surface area contributed by atoms with Crippen LogP contribution < -0.4 is 5.73 Å². The molecule has 0 saturated heterocycles. The highest BCUT2D eigenvalue weighted by Gasteiger charge is 2.61. The van der Waals surface area contributed by atoms with Crippen molar-refractivity contribution in [1.29, 1.82) is 0 Å². The van der Waals surface area contributed by atoms with Crippen molar-refractivity contribution in [2.24, 2.45) is 5.73 Å². The van der Waals surface area contributed by atoms with E-state index in [9.17, 15) is 0 Å². The molecule has 0 aliphatic heterocycles. The van der Waals surface area contributed by atoms with Crippen molar-refractivity contribution in [1.82, 2.24) is 0 Å². The van der Waals surface area contributed by atoms with Gasteiger partial charge in [0.05, 0.1) is 6.10 Å². The van der Waals surface area contributed by atoms with Crippen LogP contribution in [0.4, 0.5) is 0 Å². The van der Waals surface area contributed by atoms with E-state index in [-0.39, 0.29) is 17.6 Å². The van der Waals surface area contributed by atoms with Crippen molar-refractivity contribution in [2.75, 3.05) is 7.11 Å². The van der Waals surface area contributed by atoms with Gasteiger partial charge in [-0.1, -0.05) is 37.3 Å². The Hall–Kier alpha value is -0.860. The number of hydrogen-bond acceptors (Lipinski definition) is 2. The Kier molecular flexibility index (Phi) is 1.90. The topological polar surface area (TPSA) is 35.2 Å². The summed E-state index contributed by atoms with van der Waals surface area (Å²) in [5, 5.41) is 0. The molecule has 2 N–H and O–H groups in total. The second kappa shape index (κ2) is 2.82. The summed E-state index contributed by atoms with van der Waals surface area (Å²) in [6.07, 6.45) is 0.176. The van der Waals surface area contributed by atoms with E-state index < -0.39 is 0 Å². The first-order chi connectivity index (χ1) is 6.21. The first-order valence-electron chi connectivity index (χ1n) is 4.55. The Bertz CT molecular complexity index is 298. The van der Waals surface area contributed by atoms with Crippen molar-refractivity contribution in [3.8, 4) is 0 Å². The molecule has 70 valence electrons. The van der Waals surface area contributed by atoms with E-state index in [0.717, 1.165) is 0 Å². The molecular weight excluding hydrogens is 162 g/mol. The number of nitrogens with two attached hydrogens (primary N) is 1. The SMILES string of the molecule is COC1C(N)C1(C)c1ccccc1. The molecule has 0 spiro atoms. The fraction of sp³-hybridized carbons (Fsp3) is 0.455. The van der Waals surface area contributed by atoms with Crippen LogP contribution in [0.25, 0.3) is 0 Å². The maximum Gasteiger partial charge on any atom is 0.0841 e. The fourth-order valence-corrected chi connectivity index (χ4v) is 2.05. The number of hydrogen-bond donors (Lipinski definition) is 1. The molecule has 2 nitrogen and oxygen atoms in total. The maximum absolute atomic E-state index is 5.96. The molecule has 1 fully saturated rings. The molecule has 13 heavy (non-hydrogen) atoms. The highest BCUT2D eigenvalue weighted by molar-refractivity contribution is 5.39. The van der Waals surface area contributed by atoms with Gasteiger partial charge in [0, 0.05) is 18.6 Å². The van der Waals surface area contributed by atoms with Gasteiger partial charge in [-0.25, -0.2) is 0 Å². The quantitative estimate of drug-likeness (QED) is 0.739. The molecule has 1 aliphatic carbocycles. The van der Waals surface area contributed by atoms with Crippen molar-refractivity contribution < 1.29 is 4.74 Å². The Morgan fingerprint density at radius 1 is 1.31 bits per heavy atom. The van der Waals surface area contributed by atoms with Gasteiger partial charge in [0.25, 0.3) is 0 Å². The van der Waals surface area contributed by atoms with Gasteiger partial charge < -0.3 is 10.5 Å². The van der Waals surface area contributed by atoms with E-state index in [1.165, 1.54) is 5.56 Å². The Morgan fingerprint density at radius 3 is 2.38 bits per heavy atom. The summed E-state index contributed by atoms with van der Waals surface area (Å²) in [5.74, 6) is 0. The van der Waals surface area contributed by atoms with Gasteiger partial charge in [-0.3, -0.25) is 0 Å². The molecule has 1 saturated carbocycles. The molecule has 0 aromatic heterocycles. The molecule has 2 rings (SSSR count). The summed E-state index contributed by atoms with van der Waals surface area (Å²) >= 11 is 0. The lowest BCUT2D eigenvalue weighted by atomic mass is 9.97. The molecule has 2 heteroatoms. The van der Waals surface area contributed by atoms with Crippen LogP contribution >= 0.6 is 0 Å². The molecular formula is C11H15NO. The first kappa shape index (κ1) is 8.73. The van der Waals surface area contributed by atoms with Crippen LogP contribution in [0.5, 0.6) is 0 Å². The van der Waals surface area contributed by atoms with E-state index in [4.69, 9.17) is 10.5 Å². The third-order valence-electron chi connectivity index (χ3n) is 3.15. The van der Waals surface area contributed by atoms with Crippen LogP contribution in [0.3, 0.4) is 0 Å². The zero-order chi connectivity index (χ0) is 9.47. The summed E-state index contributed by atoms with van der Waals surface area (Å²) in [6.45, 7) is 2.15. The molecule has 1 aromatic rings. The van der Waals surface area contributed by atoms with E-state index >= 15 is 0 Å². The third-order valence-corrected chi connectivity index (χ3v) is 3.15. The van der Waals surface area contributed by atoms with E-state index in [1.54, 1.807) is 7.11 Å². The van der Waals surface area contributed by atoms with Gasteiger partial charge in [0.1, 0.15) is 0 Å². The first-order valence-corrected chi connectivity index (χ1v) is 4.55. The Labute approximate surface area is 78.7 Å². The van der Waals surface area contributed by atoms with Gasteiger partial charge >= 0.3 is 0 Å². The molecule has 0 radical (unpaired) electrons. The minimum absolute atomic E-state index is 0.0238. The highest BCUT2D eigenvalue weighted by atomic mass is 16.5. The van der Waals surface area contributed by atoms with Crippen molar-refractivity contribution in [3.63, 3.8) is 0 Å². The van der Waals surface area contributed by atoms with Crippen LogP contribution in [0.2, 0.25) is 0 Å². The van der Waals surface area contributed by atoms with Gasteiger partial charge in [0.15, 0.2) is 0 Å². The molecule has 0 amide bonds. The predicted octanol–water partition coefficient (Wildman–Crippen LogP) is 1.30. The van der Waals surface area contributed by atoms with E-state index in [0.29, 0.717) is 0 Å². The third kappa shape index (κ3) is 1.10. The second-order valence-corrected chi connectivity index (χ2v) is 3.83. The number of benzene rings is 1. The van der Waals surface area contributed by atoms with Crippen LogP contribution in [-0.4, -0.2) is 19.3 Å². The molecule has 0 bridgehead atoms. The standard InChI is InChI=1S/C11H15NO/c1-11(9(12)10(11)13-2)8-6-4-3-5-7-8/h3-7,9-10H,12H2,1-2H3. The number of ether oxygens (including phenoxy) is 1. The van der Waals surface area contributed by atoms with Crippen molar-refractivity contribution in [2.45, 2.75) is 24.5 Å². The zero-order valence-corrected chi connectivity index (χ0v) is 8.03. The van der Waals surface area contributed by atoms with E-state index in [1.807, 2.05) is 18.2 Å². The highest BCUT2D eigenvalue weighted by Crippen LogP contribution is 2.48. The molecule has 0 heterocycles.